The molecule has 0 aliphatic heterocycles. The number of aromatic hydroxyl groups is 1. The molecule has 13 heavy (non-hydrogen) atoms. The molecule has 1 aromatic rings. The molecule has 0 unspecified atom stereocenters. The van der Waals surface area contributed by atoms with Crippen molar-refractivity contribution in [1.29, 1.82) is 0 Å². The van der Waals surface area contributed by atoms with E-state index in [0.29, 0.717) is 0 Å². The first kappa shape index (κ1) is 9.70. The Balaban J connectivity index is 3.11. The van der Waals surface area contributed by atoms with Crippen LogP contribution < -0.4 is 5.43 Å². The number of hydrogen-bond acceptors (Lipinski definition) is 2. The first-order valence-electron chi connectivity index (χ1n) is 3.69. The van der Waals surface area contributed by atoms with Crippen LogP contribution in [0.5, 0.6) is 5.75 Å². The molecular formula is C8H9F2NO2. The number of rotatable bonds is 2. The summed E-state index contributed by atoms with van der Waals surface area (Å²) in [6, 6.07) is 1.06. The third-order valence-corrected chi connectivity index (χ3v) is 1.75. The summed E-state index contributed by atoms with van der Waals surface area (Å²) in [4.78, 5) is 10.8. The van der Waals surface area contributed by atoms with Gasteiger partial charge >= 0.3 is 0 Å². The fourth-order valence-electron chi connectivity index (χ4n) is 1.01. The second kappa shape index (κ2) is 3.55. The molecule has 0 saturated heterocycles. The van der Waals surface area contributed by atoms with Gasteiger partial charge < -0.3 is 9.67 Å². The molecule has 0 amide bonds. The minimum atomic E-state index is -2.50. The maximum Gasteiger partial charge on any atom is 0.256 e. The van der Waals surface area contributed by atoms with Gasteiger partial charge in [-0.05, 0) is 6.92 Å². The highest BCUT2D eigenvalue weighted by molar-refractivity contribution is 5.25. The van der Waals surface area contributed by atoms with E-state index in [-0.39, 0.29) is 5.69 Å². The molecule has 5 heteroatoms. The summed E-state index contributed by atoms with van der Waals surface area (Å²) in [5.74, 6) is -0.469. The maximum absolute atomic E-state index is 12.0. The Morgan fingerprint density at radius 2 is 2.23 bits per heavy atom. The predicted octanol–water partition coefficient (Wildman–Crippen LogP) is 1.13. The topological polar surface area (TPSA) is 42.2 Å². The third-order valence-electron chi connectivity index (χ3n) is 1.75. The van der Waals surface area contributed by atoms with Gasteiger partial charge in [-0.2, -0.15) is 0 Å². The summed E-state index contributed by atoms with van der Waals surface area (Å²) in [7, 11) is 0. The molecule has 1 rings (SSSR count). The van der Waals surface area contributed by atoms with E-state index in [1.54, 1.807) is 0 Å². The van der Waals surface area contributed by atoms with Crippen molar-refractivity contribution in [2.75, 3.05) is 0 Å². The van der Waals surface area contributed by atoms with Gasteiger partial charge in [-0.15, -0.1) is 0 Å². The number of alkyl halides is 2. The lowest BCUT2D eigenvalue weighted by molar-refractivity contribution is 0.125. The summed E-state index contributed by atoms with van der Waals surface area (Å²) in [6.45, 7) is 0.902. The molecule has 0 fully saturated rings. The first-order chi connectivity index (χ1) is 6.02. The molecule has 3 nitrogen and oxygen atoms in total. The van der Waals surface area contributed by atoms with Crippen molar-refractivity contribution in [3.05, 3.63) is 28.2 Å². The van der Waals surface area contributed by atoms with Gasteiger partial charge in [0, 0.05) is 12.3 Å². The van der Waals surface area contributed by atoms with E-state index < -0.39 is 24.1 Å². The molecule has 0 aliphatic rings. The second-order valence-electron chi connectivity index (χ2n) is 2.66. The summed E-state index contributed by atoms with van der Waals surface area (Å²) in [5, 5.41) is 9.12. The quantitative estimate of drug-likeness (QED) is 0.757. The van der Waals surface area contributed by atoms with Crippen LogP contribution in [0.2, 0.25) is 0 Å². The average Bonchev–Trinajstić information content (AvgIpc) is 2.06. The summed E-state index contributed by atoms with van der Waals surface area (Å²) < 4.78 is 25.0. The lowest BCUT2D eigenvalue weighted by Crippen LogP contribution is -2.13. The Bertz CT molecular complexity index is 360. The lowest BCUT2D eigenvalue weighted by Gasteiger charge is -2.09. The van der Waals surface area contributed by atoms with E-state index in [9.17, 15) is 13.6 Å². The number of halogens is 2. The number of hydrogen-bond donors (Lipinski definition) is 1. The van der Waals surface area contributed by atoms with Crippen LogP contribution in [-0.4, -0.2) is 16.1 Å². The van der Waals surface area contributed by atoms with Crippen LogP contribution >= 0.6 is 0 Å². The van der Waals surface area contributed by atoms with Crippen molar-refractivity contribution in [3.8, 4) is 5.75 Å². The van der Waals surface area contributed by atoms with Crippen molar-refractivity contribution in [3.63, 3.8) is 0 Å². The summed E-state index contributed by atoms with van der Waals surface area (Å²) in [6.07, 6.45) is -1.26. The molecule has 72 valence electrons. The molecule has 0 radical (unpaired) electrons. The van der Waals surface area contributed by atoms with Crippen LogP contribution in [0.4, 0.5) is 8.78 Å². The van der Waals surface area contributed by atoms with E-state index in [4.69, 9.17) is 5.11 Å². The number of nitrogens with zero attached hydrogens (tertiary/aromatic N) is 1. The Hall–Kier alpha value is -1.39. The zero-order valence-corrected chi connectivity index (χ0v) is 7.00. The fourth-order valence-corrected chi connectivity index (χ4v) is 1.01. The van der Waals surface area contributed by atoms with Gasteiger partial charge in [0.1, 0.15) is 0 Å². The fraction of sp³-hybridized carbons (Fsp3) is 0.375. The molecule has 0 aliphatic carbocycles. The molecule has 1 heterocycles. The Labute approximate surface area is 73.2 Å². The van der Waals surface area contributed by atoms with Gasteiger partial charge in [-0.1, -0.05) is 0 Å². The predicted molar refractivity (Wildman–Crippen MR) is 43.1 cm³/mol. The molecule has 0 saturated carbocycles. The van der Waals surface area contributed by atoms with E-state index in [2.05, 4.69) is 0 Å². The second-order valence-corrected chi connectivity index (χ2v) is 2.66. The van der Waals surface area contributed by atoms with E-state index in [1.807, 2.05) is 0 Å². The van der Waals surface area contributed by atoms with Crippen LogP contribution in [0, 0.1) is 6.92 Å². The van der Waals surface area contributed by atoms with E-state index in [1.165, 1.54) is 13.1 Å². The Morgan fingerprint density at radius 1 is 1.62 bits per heavy atom. The molecule has 0 atom stereocenters. The zero-order chi connectivity index (χ0) is 10.0. The third kappa shape index (κ3) is 2.05. The van der Waals surface area contributed by atoms with Gasteiger partial charge in [-0.25, -0.2) is 8.78 Å². The lowest BCUT2D eigenvalue weighted by atomic mass is 10.3. The van der Waals surface area contributed by atoms with Crippen LogP contribution in [0.15, 0.2) is 17.1 Å². The molecule has 0 aromatic carbocycles. The normalized spacial score (nSPS) is 10.8. The van der Waals surface area contributed by atoms with Crippen LogP contribution in [0.1, 0.15) is 5.69 Å². The van der Waals surface area contributed by atoms with Gasteiger partial charge in [0.05, 0.1) is 12.2 Å². The molecule has 1 aromatic heterocycles. The number of pyridine rings is 1. The molecule has 0 spiro atoms. The molecular weight excluding hydrogens is 180 g/mol. The van der Waals surface area contributed by atoms with Crippen LogP contribution in [0.25, 0.3) is 0 Å². The van der Waals surface area contributed by atoms with Gasteiger partial charge in [-0.3, -0.25) is 4.79 Å². The van der Waals surface area contributed by atoms with Crippen LogP contribution in [-0.2, 0) is 6.54 Å². The minimum absolute atomic E-state index is 0.160. The van der Waals surface area contributed by atoms with Gasteiger partial charge in [0.2, 0.25) is 5.43 Å². The smallest absolute Gasteiger partial charge is 0.256 e. The zero-order valence-electron chi connectivity index (χ0n) is 7.00. The highest BCUT2D eigenvalue weighted by Crippen LogP contribution is 2.10. The standard InChI is InChI=1S/C8H9F2NO2/c1-5-8(13)6(12)2-3-11(5)4-7(9)10/h2-3,7,13H,4H2,1H3. The monoisotopic (exact) mass is 189 g/mol. The van der Waals surface area contributed by atoms with Crippen molar-refractivity contribution in [2.24, 2.45) is 0 Å². The highest BCUT2D eigenvalue weighted by Gasteiger charge is 2.08. The molecule has 0 bridgehead atoms. The minimum Gasteiger partial charge on any atom is -0.503 e. The van der Waals surface area contributed by atoms with Crippen molar-refractivity contribution in [1.82, 2.24) is 4.57 Å². The van der Waals surface area contributed by atoms with Gasteiger partial charge in [0.25, 0.3) is 6.43 Å². The van der Waals surface area contributed by atoms with Crippen LogP contribution in [0.3, 0.4) is 0 Å². The summed E-state index contributed by atoms with van der Waals surface area (Å²) >= 11 is 0. The van der Waals surface area contributed by atoms with E-state index in [0.717, 1.165) is 10.6 Å². The Morgan fingerprint density at radius 3 is 2.77 bits per heavy atom. The number of aromatic nitrogens is 1. The first-order valence-corrected chi connectivity index (χ1v) is 3.69. The SMILES string of the molecule is Cc1c(O)c(=O)ccn1CC(F)F. The summed E-state index contributed by atoms with van der Waals surface area (Å²) in [5.41, 5.74) is -0.393. The largest absolute Gasteiger partial charge is 0.503 e. The Kier molecular flexibility index (Phi) is 2.65. The van der Waals surface area contributed by atoms with Crippen molar-refractivity contribution < 1.29 is 13.9 Å². The molecule has 1 N–H and O–H groups in total. The highest BCUT2D eigenvalue weighted by atomic mass is 19.3. The van der Waals surface area contributed by atoms with Crippen molar-refractivity contribution >= 4 is 0 Å². The van der Waals surface area contributed by atoms with Crippen molar-refractivity contribution in [2.45, 2.75) is 19.9 Å². The average molecular weight is 189 g/mol. The maximum atomic E-state index is 12.0. The van der Waals surface area contributed by atoms with Gasteiger partial charge in [0.15, 0.2) is 5.75 Å². The van der Waals surface area contributed by atoms with E-state index >= 15 is 0 Å².